The minimum Gasteiger partial charge on any atom is -0.352 e. The van der Waals surface area contributed by atoms with E-state index in [1.807, 2.05) is 0 Å². The number of anilines is 1. The van der Waals surface area contributed by atoms with Crippen LogP contribution in [0, 0.1) is 0 Å². The Hall–Kier alpha value is -1.20. The van der Waals surface area contributed by atoms with E-state index in [1.54, 1.807) is 0 Å². The summed E-state index contributed by atoms with van der Waals surface area (Å²) in [6.07, 6.45) is 6.73. The van der Waals surface area contributed by atoms with Crippen LogP contribution in [0.25, 0.3) is 0 Å². The number of hydrogen-bond donors (Lipinski definition) is 1. The van der Waals surface area contributed by atoms with E-state index in [9.17, 15) is 0 Å². The van der Waals surface area contributed by atoms with E-state index < -0.39 is 0 Å². The van der Waals surface area contributed by atoms with Gasteiger partial charge in [-0.3, -0.25) is 4.90 Å². The van der Waals surface area contributed by atoms with E-state index in [-0.39, 0.29) is 0 Å². The van der Waals surface area contributed by atoms with Crippen LogP contribution in [-0.4, -0.2) is 53.4 Å². The zero-order valence-electron chi connectivity index (χ0n) is 12.7. The summed E-state index contributed by atoms with van der Waals surface area (Å²) in [6, 6.07) is 5.73. The van der Waals surface area contributed by atoms with Crippen LogP contribution in [0.3, 0.4) is 0 Å². The number of rotatable bonds is 4. The highest BCUT2D eigenvalue weighted by Crippen LogP contribution is 2.24. The molecule has 1 aromatic rings. The van der Waals surface area contributed by atoms with Crippen LogP contribution in [0.2, 0.25) is 0 Å². The van der Waals surface area contributed by atoms with Gasteiger partial charge in [-0.25, -0.2) is 0 Å². The molecule has 21 heavy (non-hydrogen) atoms. The van der Waals surface area contributed by atoms with Gasteiger partial charge in [0.2, 0.25) is 0 Å². The van der Waals surface area contributed by atoms with Gasteiger partial charge in [0, 0.05) is 38.3 Å². The molecule has 1 aromatic heterocycles. The molecule has 3 fully saturated rings. The predicted octanol–water partition coefficient (Wildman–Crippen LogP) is 1.40. The molecular formula is C16H25N5. The van der Waals surface area contributed by atoms with Crippen LogP contribution in [0.1, 0.15) is 37.8 Å². The summed E-state index contributed by atoms with van der Waals surface area (Å²) in [4.78, 5) is 5.07. The molecule has 1 atom stereocenters. The van der Waals surface area contributed by atoms with Gasteiger partial charge in [0.1, 0.15) is 0 Å². The molecule has 3 heterocycles. The van der Waals surface area contributed by atoms with Crippen LogP contribution >= 0.6 is 0 Å². The van der Waals surface area contributed by atoms with Crippen LogP contribution in [0.5, 0.6) is 0 Å². The number of piperidine rings is 1. The van der Waals surface area contributed by atoms with Crippen LogP contribution in [-0.2, 0) is 6.54 Å². The molecule has 0 radical (unpaired) electrons. The maximum atomic E-state index is 4.46. The Morgan fingerprint density at radius 3 is 2.81 bits per heavy atom. The molecule has 1 unspecified atom stereocenters. The van der Waals surface area contributed by atoms with Gasteiger partial charge in [-0.15, -0.1) is 5.10 Å². The van der Waals surface area contributed by atoms with Crippen molar-refractivity contribution < 1.29 is 0 Å². The van der Waals surface area contributed by atoms with Crippen molar-refractivity contribution in [3.63, 3.8) is 0 Å². The summed E-state index contributed by atoms with van der Waals surface area (Å²) in [5.41, 5.74) is 1.06. The van der Waals surface area contributed by atoms with Gasteiger partial charge in [0.05, 0.1) is 5.69 Å². The van der Waals surface area contributed by atoms with Gasteiger partial charge in [-0.1, -0.05) is 6.42 Å². The van der Waals surface area contributed by atoms with Gasteiger partial charge in [0.25, 0.3) is 0 Å². The molecule has 0 aromatic carbocycles. The zero-order chi connectivity index (χ0) is 14.1. The second-order valence-corrected chi connectivity index (χ2v) is 6.67. The van der Waals surface area contributed by atoms with E-state index in [4.69, 9.17) is 0 Å². The summed E-state index contributed by atoms with van der Waals surface area (Å²) >= 11 is 0. The fourth-order valence-corrected chi connectivity index (χ4v) is 3.52. The summed E-state index contributed by atoms with van der Waals surface area (Å²) in [6.45, 7) is 5.53. The number of aromatic nitrogens is 2. The molecule has 1 N–H and O–H groups in total. The molecule has 2 aliphatic heterocycles. The summed E-state index contributed by atoms with van der Waals surface area (Å²) in [5.74, 6) is 1.05. The lowest BCUT2D eigenvalue weighted by Crippen LogP contribution is -2.55. The van der Waals surface area contributed by atoms with Crippen molar-refractivity contribution in [2.45, 2.75) is 50.7 Å². The number of nitrogens with one attached hydrogen (secondary N) is 1. The quantitative estimate of drug-likeness (QED) is 0.907. The lowest BCUT2D eigenvalue weighted by atomic mass is 9.99. The Kier molecular flexibility index (Phi) is 3.78. The molecule has 4 rings (SSSR count). The average molecular weight is 287 g/mol. The molecule has 1 saturated carbocycles. The van der Waals surface area contributed by atoms with Crippen LogP contribution in [0.4, 0.5) is 5.82 Å². The van der Waals surface area contributed by atoms with E-state index in [0.717, 1.165) is 43.2 Å². The standard InChI is InChI=1S/C16H25N5/c1-2-8-20-9-10-21(12-15(20)3-1)16-7-6-14(18-19-16)11-17-13-4-5-13/h6-7,13,15,17H,1-5,8-12H2. The number of piperazine rings is 1. The maximum Gasteiger partial charge on any atom is 0.151 e. The molecule has 5 nitrogen and oxygen atoms in total. The molecular weight excluding hydrogens is 262 g/mol. The third kappa shape index (κ3) is 3.19. The SMILES string of the molecule is c1cc(N2CCN3CCCCC3C2)nnc1CNC1CC1. The second-order valence-electron chi connectivity index (χ2n) is 6.67. The van der Waals surface area contributed by atoms with Gasteiger partial charge in [-0.2, -0.15) is 5.10 Å². The summed E-state index contributed by atoms with van der Waals surface area (Å²) in [7, 11) is 0. The third-order valence-corrected chi connectivity index (χ3v) is 5.02. The third-order valence-electron chi connectivity index (χ3n) is 5.02. The topological polar surface area (TPSA) is 44.3 Å². The Balaban J connectivity index is 1.36. The number of nitrogens with zero attached hydrogens (tertiary/aromatic N) is 4. The molecule has 1 aliphatic carbocycles. The first kappa shape index (κ1) is 13.5. The fraction of sp³-hybridized carbons (Fsp3) is 0.750. The molecule has 0 amide bonds. The Morgan fingerprint density at radius 2 is 2.00 bits per heavy atom. The highest BCUT2D eigenvalue weighted by molar-refractivity contribution is 5.38. The van der Waals surface area contributed by atoms with Crippen molar-refractivity contribution in [1.82, 2.24) is 20.4 Å². The average Bonchev–Trinajstić information content (AvgIpc) is 3.37. The number of fused-ring (bicyclic) bond motifs is 1. The van der Waals surface area contributed by atoms with Crippen molar-refractivity contribution in [2.75, 3.05) is 31.1 Å². The van der Waals surface area contributed by atoms with E-state index >= 15 is 0 Å². The van der Waals surface area contributed by atoms with Gasteiger partial charge < -0.3 is 10.2 Å². The number of hydrogen-bond acceptors (Lipinski definition) is 5. The molecule has 5 heteroatoms. The Bertz CT molecular complexity index is 470. The minimum absolute atomic E-state index is 0.727. The van der Waals surface area contributed by atoms with E-state index in [2.05, 4.69) is 37.4 Å². The van der Waals surface area contributed by atoms with E-state index in [1.165, 1.54) is 45.2 Å². The lowest BCUT2D eigenvalue weighted by molar-refractivity contribution is 0.133. The Morgan fingerprint density at radius 1 is 1.05 bits per heavy atom. The van der Waals surface area contributed by atoms with Gasteiger partial charge >= 0.3 is 0 Å². The first-order valence-electron chi connectivity index (χ1n) is 8.43. The zero-order valence-corrected chi connectivity index (χ0v) is 12.7. The van der Waals surface area contributed by atoms with Crippen molar-refractivity contribution in [3.8, 4) is 0 Å². The minimum atomic E-state index is 0.727. The first-order chi connectivity index (χ1) is 10.4. The normalized spacial score (nSPS) is 26.7. The van der Waals surface area contributed by atoms with Gasteiger partial charge in [-0.05, 0) is 44.4 Å². The van der Waals surface area contributed by atoms with Crippen molar-refractivity contribution >= 4 is 5.82 Å². The molecule has 0 bridgehead atoms. The smallest absolute Gasteiger partial charge is 0.151 e. The molecule has 0 spiro atoms. The first-order valence-corrected chi connectivity index (χ1v) is 8.43. The molecule has 2 saturated heterocycles. The van der Waals surface area contributed by atoms with Gasteiger partial charge in [0.15, 0.2) is 5.82 Å². The van der Waals surface area contributed by atoms with Crippen molar-refractivity contribution in [3.05, 3.63) is 17.8 Å². The summed E-state index contributed by atoms with van der Waals surface area (Å²) in [5, 5.41) is 12.3. The lowest BCUT2D eigenvalue weighted by Gasteiger charge is -2.44. The predicted molar refractivity (Wildman–Crippen MR) is 83.3 cm³/mol. The molecule has 114 valence electrons. The maximum absolute atomic E-state index is 4.46. The van der Waals surface area contributed by atoms with Crippen molar-refractivity contribution in [1.29, 1.82) is 0 Å². The highest BCUT2D eigenvalue weighted by atomic mass is 15.3. The van der Waals surface area contributed by atoms with Crippen LogP contribution < -0.4 is 10.2 Å². The Labute approximate surface area is 126 Å². The largest absolute Gasteiger partial charge is 0.352 e. The summed E-state index contributed by atoms with van der Waals surface area (Å²) < 4.78 is 0. The monoisotopic (exact) mass is 287 g/mol. The second kappa shape index (κ2) is 5.89. The molecule has 3 aliphatic rings. The van der Waals surface area contributed by atoms with Crippen LogP contribution in [0.15, 0.2) is 12.1 Å². The van der Waals surface area contributed by atoms with Crippen molar-refractivity contribution in [2.24, 2.45) is 0 Å². The fourth-order valence-electron chi connectivity index (χ4n) is 3.52. The van der Waals surface area contributed by atoms with E-state index in [0.29, 0.717) is 0 Å². The highest BCUT2D eigenvalue weighted by Gasteiger charge is 2.29.